The van der Waals surface area contributed by atoms with Gasteiger partial charge in [-0.3, -0.25) is 0 Å². The first-order valence-corrected chi connectivity index (χ1v) is 3.99. The maximum atomic E-state index is 12.7. The van der Waals surface area contributed by atoms with Crippen LogP contribution in [0, 0.1) is 5.92 Å². The quantitative estimate of drug-likeness (QED) is 0.623. The fraction of sp³-hybridized carbons (Fsp3) is 1.00. The molecule has 0 aromatic rings. The van der Waals surface area contributed by atoms with Crippen LogP contribution in [0.4, 0.5) is 8.78 Å². The lowest BCUT2D eigenvalue weighted by molar-refractivity contribution is 0.0138. The summed E-state index contributed by atoms with van der Waals surface area (Å²) in [6.45, 7) is 5.63. The normalized spacial score (nSPS) is 36.5. The maximum Gasteiger partial charge on any atom is 0.262 e. The van der Waals surface area contributed by atoms with Crippen molar-refractivity contribution >= 4 is 0 Å². The van der Waals surface area contributed by atoms with Gasteiger partial charge < -0.3 is 5.32 Å². The Labute approximate surface area is 66.2 Å². The van der Waals surface area contributed by atoms with Crippen molar-refractivity contribution in [1.82, 2.24) is 5.32 Å². The zero-order chi connectivity index (χ0) is 8.70. The van der Waals surface area contributed by atoms with Crippen molar-refractivity contribution in [1.29, 1.82) is 0 Å². The van der Waals surface area contributed by atoms with E-state index in [0.717, 1.165) is 0 Å². The van der Waals surface area contributed by atoms with E-state index in [1.54, 1.807) is 0 Å². The highest BCUT2D eigenvalue weighted by Crippen LogP contribution is 2.36. The van der Waals surface area contributed by atoms with Gasteiger partial charge in [0.2, 0.25) is 0 Å². The molecule has 3 heteroatoms. The molecule has 1 fully saturated rings. The summed E-state index contributed by atoms with van der Waals surface area (Å²) < 4.78 is 25.5. The van der Waals surface area contributed by atoms with Gasteiger partial charge in [-0.25, -0.2) is 8.78 Å². The summed E-state index contributed by atoms with van der Waals surface area (Å²) in [7, 11) is 0. The van der Waals surface area contributed by atoms with Crippen LogP contribution in [0.3, 0.4) is 0 Å². The van der Waals surface area contributed by atoms with E-state index in [0.29, 0.717) is 0 Å². The van der Waals surface area contributed by atoms with E-state index < -0.39 is 5.92 Å². The fourth-order valence-electron chi connectivity index (χ4n) is 1.40. The summed E-state index contributed by atoms with van der Waals surface area (Å²) in [6, 6.07) is 0. The van der Waals surface area contributed by atoms with Crippen molar-refractivity contribution in [3.63, 3.8) is 0 Å². The van der Waals surface area contributed by atoms with Gasteiger partial charge in [0.05, 0.1) is 6.54 Å². The molecule has 0 aromatic heterocycles. The van der Waals surface area contributed by atoms with E-state index in [4.69, 9.17) is 0 Å². The number of hydrogen-bond donors (Lipinski definition) is 1. The summed E-state index contributed by atoms with van der Waals surface area (Å²) in [5.74, 6) is -2.24. The van der Waals surface area contributed by atoms with Gasteiger partial charge in [0.25, 0.3) is 5.92 Å². The first kappa shape index (κ1) is 8.91. The molecular formula is C8H15F2N. The van der Waals surface area contributed by atoms with Crippen LogP contribution in [0.2, 0.25) is 0 Å². The summed E-state index contributed by atoms with van der Waals surface area (Å²) in [5, 5.41) is 2.87. The summed E-state index contributed by atoms with van der Waals surface area (Å²) in [4.78, 5) is 0. The van der Waals surface area contributed by atoms with Crippen molar-refractivity contribution in [3.05, 3.63) is 0 Å². The van der Waals surface area contributed by atoms with Gasteiger partial charge in [-0.15, -0.1) is 0 Å². The highest BCUT2D eigenvalue weighted by molar-refractivity contribution is 4.99. The Morgan fingerprint density at radius 3 is 2.09 bits per heavy atom. The van der Waals surface area contributed by atoms with E-state index >= 15 is 0 Å². The van der Waals surface area contributed by atoms with Crippen molar-refractivity contribution in [2.75, 3.05) is 6.54 Å². The zero-order valence-corrected chi connectivity index (χ0v) is 7.25. The summed E-state index contributed by atoms with van der Waals surface area (Å²) >= 11 is 0. The minimum Gasteiger partial charge on any atom is -0.305 e. The van der Waals surface area contributed by atoms with Gasteiger partial charge in [0.1, 0.15) is 0 Å². The van der Waals surface area contributed by atoms with Crippen molar-refractivity contribution in [2.45, 2.75) is 38.7 Å². The summed E-state index contributed by atoms with van der Waals surface area (Å²) in [5.41, 5.74) is -0.372. The zero-order valence-electron chi connectivity index (χ0n) is 7.25. The molecule has 66 valence electrons. The van der Waals surface area contributed by atoms with Crippen LogP contribution in [-0.2, 0) is 0 Å². The number of nitrogens with one attached hydrogen (secondary N) is 1. The van der Waals surface area contributed by atoms with Gasteiger partial charge in [-0.1, -0.05) is 13.8 Å². The molecule has 1 N–H and O–H groups in total. The Hall–Kier alpha value is -0.180. The van der Waals surface area contributed by atoms with Crippen LogP contribution >= 0.6 is 0 Å². The number of halogens is 2. The molecule has 1 atom stereocenters. The minimum atomic E-state index is -2.50. The van der Waals surface area contributed by atoms with Crippen molar-refractivity contribution in [3.8, 4) is 0 Å². The maximum absolute atomic E-state index is 12.7. The molecular weight excluding hydrogens is 148 g/mol. The van der Waals surface area contributed by atoms with Crippen molar-refractivity contribution in [2.24, 2.45) is 5.92 Å². The van der Waals surface area contributed by atoms with E-state index in [2.05, 4.69) is 5.32 Å². The molecule has 1 nitrogen and oxygen atoms in total. The smallest absolute Gasteiger partial charge is 0.262 e. The largest absolute Gasteiger partial charge is 0.305 e. The molecule has 0 aliphatic carbocycles. The van der Waals surface area contributed by atoms with E-state index in [1.165, 1.54) is 0 Å². The predicted octanol–water partition coefficient (Wildman–Crippen LogP) is 2.03. The van der Waals surface area contributed by atoms with Crippen LogP contribution in [-0.4, -0.2) is 18.0 Å². The van der Waals surface area contributed by atoms with Crippen LogP contribution in [0.15, 0.2) is 0 Å². The third-order valence-electron chi connectivity index (χ3n) is 2.65. The number of alkyl halides is 2. The average molecular weight is 163 g/mol. The van der Waals surface area contributed by atoms with Gasteiger partial charge >= 0.3 is 0 Å². The Kier molecular flexibility index (Phi) is 1.95. The molecule has 0 bridgehead atoms. The van der Waals surface area contributed by atoms with Gasteiger partial charge in [-0.05, 0) is 12.8 Å². The Morgan fingerprint density at radius 1 is 1.36 bits per heavy atom. The second kappa shape index (κ2) is 2.41. The molecule has 1 heterocycles. The molecule has 0 radical (unpaired) electrons. The number of rotatable bonds is 1. The third-order valence-corrected chi connectivity index (χ3v) is 2.65. The molecule has 0 spiro atoms. The van der Waals surface area contributed by atoms with Crippen LogP contribution in [0.25, 0.3) is 0 Å². The molecule has 1 aliphatic heterocycles. The Bertz CT molecular complexity index is 156. The minimum absolute atomic E-state index is 0.0301. The average Bonchev–Trinajstić information content (AvgIpc) is 2.08. The first-order valence-electron chi connectivity index (χ1n) is 3.99. The molecule has 0 unspecified atom stereocenters. The van der Waals surface area contributed by atoms with Gasteiger partial charge in [0.15, 0.2) is 0 Å². The van der Waals surface area contributed by atoms with Crippen LogP contribution in [0.5, 0.6) is 0 Å². The molecule has 11 heavy (non-hydrogen) atoms. The lowest BCUT2D eigenvalue weighted by atomic mass is 9.86. The first-order chi connectivity index (χ1) is 4.86. The molecule has 1 saturated heterocycles. The van der Waals surface area contributed by atoms with Crippen molar-refractivity contribution < 1.29 is 8.78 Å². The van der Waals surface area contributed by atoms with Crippen LogP contribution in [0.1, 0.15) is 27.2 Å². The van der Waals surface area contributed by atoms with Gasteiger partial charge in [0, 0.05) is 12.0 Å². The lowest BCUT2D eigenvalue weighted by Gasteiger charge is -2.28. The molecule has 0 amide bonds. The standard InChI is InChI=1S/C8H15F2N/c1-6(2)7(3)4-8(9,10)5-11-7/h6,11H,4-5H2,1-3H3/t7-/m1/s1. The topological polar surface area (TPSA) is 12.0 Å². The second-order valence-corrected chi connectivity index (χ2v) is 3.96. The number of hydrogen-bond acceptors (Lipinski definition) is 1. The Morgan fingerprint density at radius 2 is 1.91 bits per heavy atom. The van der Waals surface area contributed by atoms with Gasteiger partial charge in [-0.2, -0.15) is 0 Å². The Balaban J connectivity index is 2.65. The second-order valence-electron chi connectivity index (χ2n) is 3.96. The van der Waals surface area contributed by atoms with E-state index in [1.807, 2.05) is 20.8 Å². The highest BCUT2D eigenvalue weighted by atomic mass is 19.3. The molecule has 1 rings (SSSR count). The molecule has 0 saturated carbocycles. The fourth-order valence-corrected chi connectivity index (χ4v) is 1.40. The molecule has 1 aliphatic rings. The predicted molar refractivity (Wildman–Crippen MR) is 40.8 cm³/mol. The SMILES string of the molecule is CC(C)[C@@]1(C)CC(F)(F)CN1. The monoisotopic (exact) mass is 163 g/mol. The molecule has 0 aromatic carbocycles. The van der Waals surface area contributed by atoms with Crippen LogP contribution < -0.4 is 5.32 Å². The third kappa shape index (κ3) is 1.70. The van der Waals surface area contributed by atoms with E-state index in [9.17, 15) is 8.78 Å². The highest BCUT2D eigenvalue weighted by Gasteiger charge is 2.47. The lowest BCUT2D eigenvalue weighted by Crippen LogP contribution is -2.41. The van der Waals surface area contributed by atoms with E-state index in [-0.39, 0.29) is 24.4 Å². The summed E-state index contributed by atoms with van der Waals surface area (Å²) in [6.07, 6.45) is -0.0301.